The zero-order chi connectivity index (χ0) is 19.7. The Kier molecular flexibility index (Phi) is 5.88. The van der Waals surface area contributed by atoms with Gasteiger partial charge in [0.05, 0.1) is 12.7 Å². The van der Waals surface area contributed by atoms with E-state index in [1.165, 1.54) is 16.9 Å². The smallest absolute Gasteiger partial charge is 0.254 e. The predicted molar refractivity (Wildman–Crippen MR) is 119 cm³/mol. The molecule has 2 aliphatic rings. The van der Waals surface area contributed by atoms with Gasteiger partial charge in [-0.2, -0.15) is 0 Å². The predicted octanol–water partition coefficient (Wildman–Crippen LogP) is 5.68. The Morgan fingerprint density at radius 2 is 2.21 bits per heavy atom. The number of methoxy groups -OCH3 is 1. The van der Waals surface area contributed by atoms with Crippen molar-refractivity contribution >= 4 is 44.4 Å². The first-order chi connectivity index (χ1) is 13.6. The number of fused-ring (bicyclic) bond motifs is 1. The van der Waals surface area contributed by atoms with Crippen molar-refractivity contribution in [2.75, 3.05) is 7.11 Å². The molecule has 1 heterocycles. The third kappa shape index (κ3) is 4.18. The van der Waals surface area contributed by atoms with E-state index >= 15 is 0 Å². The average molecular weight is 461 g/mol. The van der Waals surface area contributed by atoms with Crippen LogP contribution in [0.1, 0.15) is 59.0 Å². The number of hydrogen-bond acceptors (Lipinski definition) is 4. The highest BCUT2D eigenvalue weighted by Crippen LogP contribution is 2.42. The highest BCUT2D eigenvalue weighted by atomic mass is 79.9. The van der Waals surface area contributed by atoms with Gasteiger partial charge in [-0.15, -0.1) is 11.3 Å². The number of rotatable bonds is 6. The quantitative estimate of drug-likeness (QED) is 0.563. The van der Waals surface area contributed by atoms with Crippen molar-refractivity contribution in [3.8, 4) is 5.75 Å². The van der Waals surface area contributed by atoms with Gasteiger partial charge < -0.3 is 10.1 Å². The number of halogens is 1. The molecule has 1 atom stereocenters. The van der Waals surface area contributed by atoms with Gasteiger partial charge in [0.15, 0.2) is 0 Å². The third-order valence-corrected chi connectivity index (χ3v) is 7.23. The minimum absolute atomic E-state index is 0.0447. The summed E-state index contributed by atoms with van der Waals surface area (Å²) in [7, 11) is 1.66. The molecule has 4 rings (SSSR count). The molecule has 4 nitrogen and oxygen atoms in total. The Labute approximate surface area is 178 Å². The van der Waals surface area contributed by atoms with Crippen LogP contribution >= 0.6 is 27.3 Å². The number of nitrogens with zero attached hydrogens (tertiary/aromatic N) is 1. The van der Waals surface area contributed by atoms with Gasteiger partial charge in [-0.25, -0.2) is 4.99 Å². The monoisotopic (exact) mass is 460 g/mol. The first kappa shape index (κ1) is 19.6. The Morgan fingerprint density at radius 1 is 1.39 bits per heavy atom. The number of thiophene rings is 1. The number of aliphatic imine (C=N–C) groups is 1. The van der Waals surface area contributed by atoms with Crippen LogP contribution in [0.2, 0.25) is 0 Å². The summed E-state index contributed by atoms with van der Waals surface area (Å²) in [6.45, 7) is 2.25. The highest BCUT2D eigenvalue weighted by Gasteiger charge is 2.31. The van der Waals surface area contributed by atoms with Crippen LogP contribution in [0.15, 0.2) is 27.7 Å². The van der Waals surface area contributed by atoms with E-state index in [0.29, 0.717) is 12.0 Å². The van der Waals surface area contributed by atoms with E-state index < -0.39 is 0 Å². The molecule has 2 aromatic rings. The summed E-state index contributed by atoms with van der Waals surface area (Å²) in [4.78, 5) is 19.1. The molecule has 0 unspecified atom stereocenters. The lowest BCUT2D eigenvalue weighted by atomic mass is 9.85. The molecule has 2 aliphatic carbocycles. The van der Waals surface area contributed by atoms with Gasteiger partial charge in [-0.05, 0) is 61.8 Å². The SMILES string of the molecule is CC[C@@H]1CCc2c(sc(N=Cc3cc(Br)ccc3OC)c2C(=O)NC2CC2)C1. The molecule has 6 heteroatoms. The lowest BCUT2D eigenvalue weighted by Gasteiger charge is -2.21. The molecule has 28 heavy (non-hydrogen) atoms. The fourth-order valence-corrected chi connectivity index (χ4v) is 5.41. The summed E-state index contributed by atoms with van der Waals surface area (Å²) in [5.74, 6) is 1.53. The van der Waals surface area contributed by atoms with Crippen LogP contribution in [0.25, 0.3) is 0 Å². The van der Waals surface area contributed by atoms with Crippen LogP contribution < -0.4 is 10.1 Å². The molecule has 148 valence electrons. The Bertz CT molecular complexity index is 918. The van der Waals surface area contributed by atoms with Crippen molar-refractivity contribution in [2.45, 2.75) is 51.5 Å². The van der Waals surface area contributed by atoms with Crippen LogP contribution in [0, 0.1) is 5.92 Å². The van der Waals surface area contributed by atoms with E-state index in [4.69, 9.17) is 9.73 Å². The van der Waals surface area contributed by atoms with E-state index in [1.54, 1.807) is 18.4 Å². The zero-order valence-electron chi connectivity index (χ0n) is 16.3. The second-order valence-electron chi connectivity index (χ2n) is 7.59. The number of nitrogens with one attached hydrogen (secondary N) is 1. The topological polar surface area (TPSA) is 50.7 Å². The summed E-state index contributed by atoms with van der Waals surface area (Å²) in [5, 5.41) is 3.98. The summed E-state index contributed by atoms with van der Waals surface area (Å²) in [5.41, 5.74) is 2.91. The molecule has 1 aromatic heterocycles. The van der Waals surface area contributed by atoms with Crippen molar-refractivity contribution < 1.29 is 9.53 Å². The normalized spacial score (nSPS) is 18.9. The van der Waals surface area contributed by atoms with Gasteiger partial charge in [0, 0.05) is 27.2 Å². The molecule has 1 N–H and O–H groups in total. The molecule has 1 aromatic carbocycles. The Hall–Kier alpha value is -1.66. The van der Waals surface area contributed by atoms with Gasteiger partial charge in [-0.3, -0.25) is 4.79 Å². The molecular weight excluding hydrogens is 436 g/mol. The van der Waals surface area contributed by atoms with Crippen molar-refractivity contribution in [3.63, 3.8) is 0 Å². The Morgan fingerprint density at radius 3 is 2.93 bits per heavy atom. The molecule has 1 fully saturated rings. The molecule has 0 saturated heterocycles. The Balaban J connectivity index is 1.70. The van der Waals surface area contributed by atoms with E-state index in [9.17, 15) is 4.79 Å². The fourth-order valence-electron chi connectivity index (χ4n) is 3.73. The highest BCUT2D eigenvalue weighted by molar-refractivity contribution is 9.10. The number of benzene rings is 1. The number of ether oxygens (including phenoxy) is 1. The molecular formula is C22H25BrN2O2S. The van der Waals surface area contributed by atoms with E-state index in [0.717, 1.165) is 58.5 Å². The number of hydrogen-bond donors (Lipinski definition) is 1. The van der Waals surface area contributed by atoms with Crippen molar-refractivity contribution in [2.24, 2.45) is 10.9 Å². The van der Waals surface area contributed by atoms with Crippen LogP contribution in [0.4, 0.5) is 5.00 Å². The number of carbonyl (C=O) groups excluding carboxylic acids is 1. The maximum Gasteiger partial charge on any atom is 0.254 e. The van der Waals surface area contributed by atoms with Crippen LogP contribution in [-0.4, -0.2) is 25.3 Å². The van der Waals surface area contributed by atoms with Gasteiger partial charge in [0.25, 0.3) is 5.91 Å². The van der Waals surface area contributed by atoms with Crippen LogP contribution in [0.5, 0.6) is 5.75 Å². The molecule has 0 radical (unpaired) electrons. The second kappa shape index (κ2) is 8.37. The van der Waals surface area contributed by atoms with Crippen molar-refractivity contribution in [3.05, 3.63) is 44.2 Å². The lowest BCUT2D eigenvalue weighted by molar-refractivity contribution is 0.0951. The summed E-state index contributed by atoms with van der Waals surface area (Å²) < 4.78 is 6.42. The van der Waals surface area contributed by atoms with Gasteiger partial charge in [0.1, 0.15) is 10.8 Å². The first-order valence-corrected chi connectivity index (χ1v) is 11.5. The van der Waals surface area contributed by atoms with Crippen LogP contribution in [0.3, 0.4) is 0 Å². The second-order valence-corrected chi connectivity index (χ2v) is 9.59. The van der Waals surface area contributed by atoms with Gasteiger partial charge in [-0.1, -0.05) is 29.3 Å². The molecule has 0 spiro atoms. The van der Waals surface area contributed by atoms with E-state index in [2.05, 4.69) is 28.2 Å². The first-order valence-electron chi connectivity index (χ1n) is 9.92. The molecule has 1 amide bonds. The molecule has 0 bridgehead atoms. The van der Waals surface area contributed by atoms with Crippen molar-refractivity contribution in [1.82, 2.24) is 5.32 Å². The maximum atomic E-state index is 13.0. The molecule has 1 saturated carbocycles. The van der Waals surface area contributed by atoms with Gasteiger partial charge in [0.2, 0.25) is 0 Å². The minimum Gasteiger partial charge on any atom is -0.496 e. The fraction of sp³-hybridized carbons (Fsp3) is 0.455. The largest absolute Gasteiger partial charge is 0.496 e. The maximum absolute atomic E-state index is 13.0. The summed E-state index contributed by atoms with van der Waals surface area (Å²) in [6, 6.07) is 6.18. The van der Waals surface area contributed by atoms with Gasteiger partial charge >= 0.3 is 0 Å². The molecule has 0 aliphatic heterocycles. The van der Waals surface area contributed by atoms with E-state index in [-0.39, 0.29) is 5.91 Å². The summed E-state index contributed by atoms with van der Waals surface area (Å²) >= 11 is 5.19. The zero-order valence-corrected chi connectivity index (χ0v) is 18.7. The third-order valence-electron chi connectivity index (χ3n) is 5.58. The van der Waals surface area contributed by atoms with Crippen LogP contribution in [-0.2, 0) is 12.8 Å². The van der Waals surface area contributed by atoms with E-state index in [1.807, 2.05) is 24.4 Å². The lowest BCUT2D eigenvalue weighted by Crippen LogP contribution is -2.26. The minimum atomic E-state index is 0.0447. The number of carbonyl (C=O) groups is 1. The summed E-state index contributed by atoms with van der Waals surface area (Å²) in [6.07, 6.45) is 8.38. The van der Waals surface area contributed by atoms with Crippen molar-refractivity contribution in [1.29, 1.82) is 0 Å². The standard InChI is InChI=1S/C22H25BrN2O2S/c1-3-13-4-8-17-19(10-13)28-22(20(17)21(26)25-16-6-7-16)24-12-14-11-15(23)5-9-18(14)27-2/h5,9,11-13,16H,3-4,6-8,10H2,1-2H3,(H,25,26)/t13-/m1/s1. The number of amides is 1. The average Bonchev–Trinajstić information content (AvgIpc) is 3.43.